The lowest BCUT2D eigenvalue weighted by molar-refractivity contribution is -0.149. The van der Waals surface area contributed by atoms with E-state index in [1.807, 2.05) is 65.1 Å². The number of carbonyl (C=O) groups is 3. The van der Waals surface area contributed by atoms with E-state index in [2.05, 4.69) is 17.6 Å². The van der Waals surface area contributed by atoms with Crippen LogP contribution in [0.5, 0.6) is 0 Å². The van der Waals surface area contributed by atoms with Crippen LogP contribution in [-0.4, -0.2) is 58.0 Å². The molecule has 8 heteroatoms. The largest absolute Gasteiger partial charge is 0.444 e. The molecule has 0 fully saturated rings. The molecule has 3 atom stereocenters. The van der Waals surface area contributed by atoms with Crippen LogP contribution in [0, 0.1) is 6.92 Å². The van der Waals surface area contributed by atoms with E-state index >= 15 is 0 Å². The molecule has 3 amide bonds. The van der Waals surface area contributed by atoms with E-state index in [-0.39, 0.29) is 17.9 Å². The van der Waals surface area contributed by atoms with Gasteiger partial charge >= 0.3 is 6.09 Å². The summed E-state index contributed by atoms with van der Waals surface area (Å²) in [4.78, 5) is 42.6. The second kappa shape index (κ2) is 14.6. The van der Waals surface area contributed by atoms with Crippen LogP contribution >= 0.6 is 11.8 Å². The Bertz CT molecular complexity index is 880. The van der Waals surface area contributed by atoms with Crippen molar-refractivity contribution >= 4 is 29.7 Å². The number of nitrogens with one attached hydrogen (secondary N) is 2. The molecule has 0 aliphatic rings. The number of rotatable bonds is 13. The number of aryl methyl sites for hydroxylation is 1. The third-order valence-corrected chi connectivity index (χ3v) is 7.01. The summed E-state index contributed by atoms with van der Waals surface area (Å²) in [6.07, 6.45) is 4.14. The summed E-state index contributed by atoms with van der Waals surface area (Å²) < 4.78 is 5.47. The molecule has 2 N–H and O–H groups in total. The molecule has 210 valence electrons. The van der Waals surface area contributed by atoms with Crippen LogP contribution in [-0.2, 0) is 14.3 Å². The van der Waals surface area contributed by atoms with Gasteiger partial charge in [-0.25, -0.2) is 4.79 Å². The molecule has 1 rings (SSSR count). The number of hydrogen-bond acceptors (Lipinski definition) is 5. The van der Waals surface area contributed by atoms with Gasteiger partial charge < -0.3 is 20.3 Å². The Kier molecular flexibility index (Phi) is 13.0. The lowest BCUT2D eigenvalue weighted by Gasteiger charge is -2.45. The maximum absolute atomic E-state index is 14.3. The normalized spacial score (nSPS) is 14.3. The summed E-state index contributed by atoms with van der Waals surface area (Å²) in [6.45, 7) is 17.3. The fraction of sp³-hybridized carbons (Fsp3) is 0.690. The smallest absolute Gasteiger partial charge is 0.408 e. The van der Waals surface area contributed by atoms with Gasteiger partial charge in [-0.2, -0.15) is 11.8 Å². The van der Waals surface area contributed by atoms with Crippen molar-refractivity contribution in [1.82, 2.24) is 15.5 Å². The van der Waals surface area contributed by atoms with Crippen molar-refractivity contribution in [2.24, 2.45) is 0 Å². The number of alkyl carbamates (subject to hydrolysis) is 1. The fourth-order valence-electron chi connectivity index (χ4n) is 4.05. The first kappa shape index (κ1) is 32.8. The molecule has 0 heterocycles. The lowest BCUT2D eigenvalue weighted by atomic mass is 9.91. The van der Waals surface area contributed by atoms with E-state index in [0.717, 1.165) is 24.0 Å². The van der Waals surface area contributed by atoms with Gasteiger partial charge in [-0.05, 0) is 85.3 Å². The third-order valence-electron chi connectivity index (χ3n) is 6.36. The molecule has 0 spiro atoms. The second-order valence-electron chi connectivity index (χ2n) is 11.4. The maximum Gasteiger partial charge on any atom is 0.408 e. The van der Waals surface area contributed by atoms with Gasteiger partial charge in [0.25, 0.3) is 0 Å². The molecule has 0 aliphatic heterocycles. The van der Waals surface area contributed by atoms with Crippen molar-refractivity contribution in [2.45, 2.75) is 117 Å². The Balaban J connectivity index is 3.59. The standard InChI is InChI=1S/C29H49N3O4S/c1-11-13-21(4)30-25(33)24(22-16-14-20(3)15-17-22)32(29(8,9)12-2)26(34)23(18-19-37-10)31-27(35)36-28(5,6)7/h14-17,21,23-24H,11-13,18-19H2,1-10H3,(H,30,33)(H,31,35). The highest BCUT2D eigenvalue weighted by Crippen LogP contribution is 2.33. The van der Waals surface area contributed by atoms with E-state index in [0.29, 0.717) is 18.6 Å². The zero-order valence-corrected chi connectivity index (χ0v) is 25.4. The molecular formula is C29H49N3O4S. The molecule has 37 heavy (non-hydrogen) atoms. The Morgan fingerprint density at radius 1 is 1.00 bits per heavy atom. The predicted octanol–water partition coefficient (Wildman–Crippen LogP) is 6.00. The summed E-state index contributed by atoms with van der Waals surface area (Å²) in [5.41, 5.74) is 0.451. The van der Waals surface area contributed by atoms with E-state index in [1.165, 1.54) is 0 Å². The number of hydrogen-bond donors (Lipinski definition) is 2. The monoisotopic (exact) mass is 535 g/mol. The quantitative estimate of drug-likeness (QED) is 0.323. The van der Waals surface area contributed by atoms with Crippen LogP contribution in [0.25, 0.3) is 0 Å². The SMILES string of the molecule is CCCC(C)NC(=O)C(c1ccc(C)cc1)N(C(=O)C(CCSC)NC(=O)OC(C)(C)C)C(C)(C)CC. The van der Waals surface area contributed by atoms with Crippen LogP contribution < -0.4 is 10.6 Å². The predicted molar refractivity (Wildman–Crippen MR) is 154 cm³/mol. The van der Waals surface area contributed by atoms with Crippen molar-refractivity contribution in [1.29, 1.82) is 0 Å². The van der Waals surface area contributed by atoms with Crippen LogP contribution in [0.3, 0.4) is 0 Å². The van der Waals surface area contributed by atoms with E-state index < -0.39 is 29.3 Å². The number of carbonyl (C=O) groups excluding carboxylic acids is 3. The van der Waals surface area contributed by atoms with Gasteiger partial charge in [0.2, 0.25) is 11.8 Å². The van der Waals surface area contributed by atoms with Crippen molar-refractivity contribution in [3.05, 3.63) is 35.4 Å². The van der Waals surface area contributed by atoms with Crippen LogP contribution in [0.1, 0.15) is 98.2 Å². The van der Waals surface area contributed by atoms with Crippen LogP contribution in [0.2, 0.25) is 0 Å². The molecule has 7 nitrogen and oxygen atoms in total. The average Bonchev–Trinajstić information content (AvgIpc) is 2.79. The average molecular weight is 536 g/mol. The van der Waals surface area contributed by atoms with Crippen LogP contribution in [0.4, 0.5) is 4.79 Å². The van der Waals surface area contributed by atoms with E-state index in [9.17, 15) is 14.4 Å². The highest BCUT2D eigenvalue weighted by Gasteiger charge is 2.43. The van der Waals surface area contributed by atoms with Gasteiger partial charge in [-0.1, -0.05) is 50.1 Å². The first-order valence-corrected chi connectivity index (χ1v) is 14.7. The minimum absolute atomic E-state index is 0.0284. The molecule has 0 aromatic heterocycles. The van der Waals surface area contributed by atoms with Gasteiger partial charge in [0, 0.05) is 11.6 Å². The number of thioether (sulfide) groups is 1. The molecule has 1 aromatic carbocycles. The molecule has 0 radical (unpaired) electrons. The molecule has 0 saturated heterocycles. The molecule has 0 saturated carbocycles. The van der Waals surface area contributed by atoms with Crippen molar-refractivity contribution < 1.29 is 19.1 Å². The Labute approximate surface area is 228 Å². The number of ether oxygens (including phenoxy) is 1. The molecular weight excluding hydrogens is 486 g/mol. The summed E-state index contributed by atoms with van der Waals surface area (Å²) in [6, 6.07) is 6.02. The Morgan fingerprint density at radius 3 is 2.08 bits per heavy atom. The lowest BCUT2D eigenvalue weighted by Crippen LogP contribution is -2.59. The Hall–Kier alpha value is -2.22. The zero-order valence-electron chi connectivity index (χ0n) is 24.6. The molecule has 3 unspecified atom stereocenters. The Morgan fingerprint density at radius 2 is 1.59 bits per heavy atom. The minimum atomic E-state index is -0.848. The molecule has 0 aliphatic carbocycles. The van der Waals surface area contributed by atoms with Crippen molar-refractivity contribution in [3.63, 3.8) is 0 Å². The summed E-state index contributed by atoms with van der Waals surface area (Å²) in [5, 5.41) is 5.93. The molecule has 0 bridgehead atoms. The van der Waals surface area contributed by atoms with E-state index in [1.54, 1.807) is 37.4 Å². The fourth-order valence-corrected chi connectivity index (χ4v) is 4.52. The van der Waals surface area contributed by atoms with Gasteiger partial charge in [-0.3, -0.25) is 9.59 Å². The third kappa shape index (κ3) is 10.6. The number of benzene rings is 1. The van der Waals surface area contributed by atoms with Crippen molar-refractivity contribution in [3.8, 4) is 0 Å². The second-order valence-corrected chi connectivity index (χ2v) is 12.4. The molecule has 1 aromatic rings. The topological polar surface area (TPSA) is 87.7 Å². The summed E-state index contributed by atoms with van der Waals surface area (Å²) in [7, 11) is 0. The van der Waals surface area contributed by atoms with Crippen molar-refractivity contribution in [2.75, 3.05) is 12.0 Å². The zero-order chi connectivity index (χ0) is 28.4. The van der Waals surface area contributed by atoms with Gasteiger partial charge in [-0.15, -0.1) is 0 Å². The van der Waals surface area contributed by atoms with Gasteiger partial charge in [0.05, 0.1) is 0 Å². The first-order valence-electron chi connectivity index (χ1n) is 13.3. The van der Waals surface area contributed by atoms with Gasteiger partial charge in [0.1, 0.15) is 17.7 Å². The maximum atomic E-state index is 14.3. The van der Waals surface area contributed by atoms with Gasteiger partial charge in [0.15, 0.2) is 0 Å². The highest BCUT2D eigenvalue weighted by molar-refractivity contribution is 7.98. The summed E-state index contributed by atoms with van der Waals surface area (Å²) >= 11 is 1.60. The summed E-state index contributed by atoms with van der Waals surface area (Å²) in [5.74, 6) is 0.151. The van der Waals surface area contributed by atoms with Crippen LogP contribution in [0.15, 0.2) is 24.3 Å². The minimum Gasteiger partial charge on any atom is -0.444 e. The highest BCUT2D eigenvalue weighted by atomic mass is 32.2. The number of nitrogens with zero attached hydrogens (tertiary/aromatic N) is 1. The van der Waals surface area contributed by atoms with E-state index in [4.69, 9.17) is 4.74 Å². The first-order chi connectivity index (χ1) is 17.2. The number of amides is 3.